The highest BCUT2D eigenvalue weighted by Crippen LogP contribution is 2.16. The minimum absolute atomic E-state index is 0.231. The van der Waals surface area contributed by atoms with Crippen LogP contribution in [0.1, 0.15) is 23.0 Å². The summed E-state index contributed by atoms with van der Waals surface area (Å²) in [4.78, 5) is 26.6. The molecule has 2 aromatic rings. The van der Waals surface area contributed by atoms with Gasteiger partial charge in [-0.05, 0) is 17.7 Å². The number of nitrogens with zero attached hydrogens (tertiary/aromatic N) is 2. The SMILES string of the molecule is COc1ccc(Cn2c(C(N)=O)cnc2NC(C)=O)cc1. The number of aromatic nitrogens is 2. The topological polar surface area (TPSA) is 99.2 Å². The molecule has 0 bridgehead atoms. The predicted molar refractivity (Wildman–Crippen MR) is 77.1 cm³/mol. The second-order valence-corrected chi connectivity index (χ2v) is 4.45. The number of carbonyl (C=O) groups excluding carboxylic acids is 2. The van der Waals surface area contributed by atoms with Gasteiger partial charge in [-0.3, -0.25) is 14.9 Å². The van der Waals surface area contributed by atoms with Gasteiger partial charge in [-0.2, -0.15) is 0 Å². The Labute approximate surface area is 121 Å². The molecule has 0 atom stereocenters. The van der Waals surface area contributed by atoms with Crippen LogP contribution in [0.25, 0.3) is 0 Å². The van der Waals surface area contributed by atoms with Crippen LogP contribution < -0.4 is 15.8 Å². The molecule has 0 spiro atoms. The van der Waals surface area contributed by atoms with E-state index in [4.69, 9.17) is 10.5 Å². The van der Waals surface area contributed by atoms with Crippen molar-refractivity contribution in [3.8, 4) is 5.75 Å². The molecule has 7 heteroatoms. The zero-order chi connectivity index (χ0) is 15.4. The van der Waals surface area contributed by atoms with Gasteiger partial charge in [-0.25, -0.2) is 4.98 Å². The molecule has 21 heavy (non-hydrogen) atoms. The van der Waals surface area contributed by atoms with Crippen LogP contribution in [-0.4, -0.2) is 28.5 Å². The average Bonchev–Trinajstić information content (AvgIpc) is 2.82. The van der Waals surface area contributed by atoms with E-state index in [1.165, 1.54) is 13.1 Å². The number of methoxy groups -OCH3 is 1. The van der Waals surface area contributed by atoms with E-state index in [-0.39, 0.29) is 17.5 Å². The first-order valence-corrected chi connectivity index (χ1v) is 6.27. The summed E-state index contributed by atoms with van der Waals surface area (Å²) < 4.78 is 6.65. The van der Waals surface area contributed by atoms with Crippen LogP contribution in [0.3, 0.4) is 0 Å². The molecule has 7 nitrogen and oxygen atoms in total. The van der Waals surface area contributed by atoms with Crippen LogP contribution in [0, 0.1) is 0 Å². The predicted octanol–water partition coefficient (Wildman–Crippen LogP) is 0.997. The van der Waals surface area contributed by atoms with Crippen LogP contribution >= 0.6 is 0 Å². The zero-order valence-corrected chi connectivity index (χ0v) is 11.8. The van der Waals surface area contributed by atoms with Crippen molar-refractivity contribution in [2.45, 2.75) is 13.5 Å². The lowest BCUT2D eigenvalue weighted by Crippen LogP contribution is -2.20. The monoisotopic (exact) mass is 288 g/mol. The van der Waals surface area contributed by atoms with E-state index in [0.29, 0.717) is 6.54 Å². The fourth-order valence-electron chi connectivity index (χ4n) is 1.90. The van der Waals surface area contributed by atoms with Gasteiger partial charge in [0.2, 0.25) is 11.9 Å². The van der Waals surface area contributed by atoms with Crippen molar-refractivity contribution in [3.63, 3.8) is 0 Å². The minimum Gasteiger partial charge on any atom is -0.497 e. The molecule has 0 unspecified atom stereocenters. The summed E-state index contributed by atoms with van der Waals surface area (Å²) in [7, 11) is 1.59. The number of carbonyl (C=O) groups is 2. The van der Waals surface area contributed by atoms with Crippen LogP contribution in [0.2, 0.25) is 0 Å². The van der Waals surface area contributed by atoms with Gasteiger partial charge in [0.15, 0.2) is 0 Å². The van der Waals surface area contributed by atoms with E-state index in [0.717, 1.165) is 11.3 Å². The molecule has 0 fully saturated rings. The van der Waals surface area contributed by atoms with Crippen LogP contribution in [0.4, 0.5) is 5.95 Å². The number of ether oxygens (including phenoxy) is 1. The van der Waals surface area contributed by atoms with Gasteiger partial charge in [0.05, 0.1) is 19.9 Å². The number of imidazole rings is 1. The molecular weight excluding hydrogens is 272 g/mol. The molecule has 1 aromatic carbocycles. The van der Waals surface area contributed by atoms with Crippen molar-refractivity contribution in [2.24, 2.45) is 5.73 Å². The van der Waals surface area contributed by atoms with Gasteiger partial charge in [0.25, 0.3) is 5.91 Å². The van der Waals surface area contributed by atoms with Gasteiger partial charge in [0, 0.05) is 6.92 Å². The van der Waals surface area contributed by atoms with E-state index in [2.05, 4.69) is 10.3 Å². The number of hydrogen-bond donors (Lipinski definition) is 2. The molecule has 0 saturated carbocycles. The van der Waals surface area contributed by atoms with Gasteiger partial charge in [-0.1, -0.05) is 12.1 Å². The van der Waals surface area contributed by atoms with Crippen LogP contribution in [0.15, 0.2) is 30.5 Å². The molecule has 110 valence electrons. The number of rotatable bonds is 5. The van der Waals surface area contributed by atoms with Crippen molar-refractivity contribution in [3.05, 3.63) is 41.7 Å². The number of primary amides is 1. The largest absolute Gasteiger partial charge is 0.497 e. The molecule has 2 rings (SSSR count). The molecular formula is C14H16N4O3. The molecule has 0 saturated heterocycles. The summed E-state index contributed by atoms with van der Waals surface area (Å²) in [6.07, 6.45) is 1.34. The van der Waals surface area contributed by atoms with E-state index >= 15 is 0 Å². The maximum Gasteiger partial charge on any atom is 0.267 e. The number of benzene rings is 1. The lowest BCUT2D eigenvalue weighted by molar-refractivity contribution is -0.114. The lowest BCUT2D eigenvalue weighted by Gasteiger charge is -2.11. The third-order valence-electron chi connectivity index (χ3n) is 2.90. The first-order valence-electron chi connectivity index (χ1n) is 6.27. The van der Waals surface area contributed by atoms with Gasteiger partial charge < -0.3 is 15.0 Å². The standard InChI is InChI=1S/C14H16N4O3/c1-9(19)17-14-16-7-12(13(15)20)18(14)8-10-3-5-11(21-2)6-4-10/h3-7H,8H2,1-2H3,(H2,15,20)(H,16,17,19). The van der Waals surface area contributed by atoms with Crippen molar-refractivity contribution in [1.82, 2.24) is 9.55 Å². The highest BCUT2D eigenvalue weighted by molar-refractivity contribution is 5.93. The third-order valence-corrected chi connectivity index (χ3v) is 2.90. The van der Waals surface area contributed by atoms with Gasteiger partial charge >= 0.3 is 0 Å². The highest BCUT2D eigenvalue weighted by atomic mass is 16.5. The summed E-state index contributed by atoms with van der Waals surface area (Å²) in [5.41, 5.74) is 6.48. The van der Waals surface area contributed by atoms with E-state index < -0.39 is 5.91 Å². The Balaban J connectivity index is 2.33. The zero-order valence-electron chi connectivity index (χ0n) is 11.8. The van der Waals surface area contributed by atoms with Crippen molar-refractivity contribution < 1.29 is 14.3 Å². The molecule has 0 aliphatic rings. The minimum atomic E-state index is -0.604. The quantitative estimate of drug-likeness (QED) is 0.857. The number of anilines is 1. The second kappa shape index (κ2) is 6.08. The first kappa shape index (κ1) is 14.6. The van der Waals surface area contributed by atoms with Gasteiger partial charge in [-0.15, -0.1) is 0 Å². The van der Waals surface area contributed by atoms with E-state index in [9.17, 15) is 9.59 Å². The summed E-state index contributed by atoms with van der Waals surface area (Å²) in [6, 6.07) is 7.35. The number of amides is 2. The maximum atomic E-state index is 11.4. The number of nitrogens with one attached hydrogen (secondary N) is 1. The molecule has 0 aliphatic carbocycles. The number of hydrogen-bond acceptors (Lipinski definition) is 4. The van der Waals surface area contributed by atoms with Crippen LogP contribution in [-0.2, 0) is 11.3 Å². The van der Waals surface area contributed by atoms with Crippen molar-refractivity contribution in [1.29, 1.82) is 0 Å². The smallest absolute Gasteiger partial charge is 0.267 e. The Morgan fingerprint density at radius 2 is 2.00 bits per heavy atom. The summed E-state index contributed by atoms with van der Waals surface area (Å²) in [6.45, 7) is 1.73. The lowest BCUT2D eigenvalue weighted by atomic mass is 10.2. The number of nitrogens with two attached hydrogens (primary N) is 1. The fraction of sp³-hybridized carbons (Fsp3) is 0.214. The summed E-state index contributed by atoms with van der Waals surface area (Å²) in [5.74, 6) is 0.147. The van der Waals surface area contributed by atoms with Crippen LogP contribution in [0.5, 0.6) is 5.75 Å². The first-order chi connectivity index (χ1) is 10.0. The second-order valence-electron chi connectivity index (χ2n) is 4.45. The molecule has 3 N–H and O–H groups in total. The Morgan fingerprint density at radius 3 is 2.52 bits per heavy atom. The summed E-state index contributed by atoms with van der Waals surface area (Å²) >= 11 is 0. The van der Waals surface area contributed by atoms with E-state index in [1.54, 1.807) is 11.7 Å². The summed E-state index contributed by atoms with van der Waals surface area (Å²) in [5, 5.41) is 2.57. The van der Waals surface area contributed by atoms with Crippen molar-refractivity contribution >= 4 is 17.8 Å². The Morgan fingerprint density at radius 1 is 1.33 bits per heavy atom. The Bertz CT molecular complexity index is 661. The molecule has 1 heterocycles. The molecule has 1 aromatic heterocycles. The molecule has 0 aliphatic heterocycles. The average molecular weight is 288 g/mol. The highest BCUT2D eigenvalue weighted by Gasteiger charge is 2.15. The Kier molecular flexibility index (Phi) is 4.22. The van der Waals surface area contributed by atoms with Gasteiger partial charge in [0.1, 0.15) is 11.4 Å². The molecule has 2 amide bonds. The maximum absolute atomic E-state index is 11.4. The van der Waals surface area contributed by atoms with Crippen molar-refractivity contribution in [2.75, 3.05) is 12.4 Å². The normalized spacial score (nSPS) is 10.2. The fourth-order valence-corrected chi connectivity index (χ4v) is 1.90. The third kappa shape index (κ3) is 3.38. The molecule has 0 radical (unpaired) electrons. The van der Waals surface area contributed by atoms with E-state index in [1.807, 2.05) is 24.3 Å². The Hall–Kier alpha value is -2.83.